The van der Waals surface area contributed by atoms with Crippen molar-refractivity contribution in [2.24, 2.45) is 0 Å². The zero-order valence-electron chi connectivity index (χ0n) is 7.26. The maximum absolute atomic E-state index is 11.3. The molecule has 0 aliphatic carbocycles. The molecule has 0 amide bonds. The maximum Gasteiger partial charge on any atom is 0.0965 e. The van der Waals surface area contributed by atoms with Gasteiger partial charge in [0.15, 0.2) is 0 Å². The van der Waals surface area contributed by atoms with Crippen LogP contribution in [0.5, 0.6) is 0 Å². The highest BCUT2D eigenvalue weighted by Crippen LogP contribution is 1.99. The number of rotatable bonds is 4. The van der Waals surface area contributed by atoms with Gasteiger partial charge >= 0.3 is 0 Å². The molecule has 0 heterocycles. The fourth-order valence-corrected chi connectivity index (χ4v) is 1.85. The Morgan fingerprint density at radius 3 is 2.30 bits per heavy atom. The van der Waals surface area contributed by atoms with Crippen molar-refractivity contribution >= 4 is 11.0 Å². The van der Waals surface area contributed by atoms with Crippen molar-refractivity contribution in [3.05, 3.63) is 0 Å². The Kier molecular flexibility index (Phi) is 4.91. The molecule has 0 aliphatic rings. The third kappa shape index (κ3) is 3.32. The van der Waals surface area contributed by atoms with Gasteiger partial charge in [-0.2, -0.15) is 0 Å². The number of hydrogen-bond donors (Lipinski definition) is 0. The highest BCUT2D eigenvalue weighted by Gasteiger charge is 2.09. The predicted molar refractivity (Wildman–Crippen MR) is 46.2 cm³/mol. The fraction of sp³-hybridized carbons (Fsp3) is 1.00. The van der Waals surface area contributed by atoms with Gasteiger partial charge in [-0.1, -0.05) is 6.92 Å². The maximum atomic E-state index is 11.3. The van der Waals surface area contributed by atoms with Crippen LogP contribution in [-0.4, -0.2) is 27.4 Å². The van der Waals surface area contributed by atoms with Crippen LogP contribution in [0.15, 0.2) is 0 Å². The van der Waals surface area contributed by atoms with Crippen LogP contribution in [-0.2, 0) is 11.0 Å². The summed E-state index contributed by atoms with van der Waals surface area (Å²) in [6.45, 7) is 6.96. The molecule has 0 fully saturated rings. The minimum Gasteiger partial charge on any atom is -0.242 e. The van der Waals surface area contributed by atoms with Gasteiger partial charge in [0.2, 0.25) is 0 Å². The molecular formula is C7H17NOS. The lowest BCUT2D eigenvalue weighted by Crippen LogP contribution is -2.27. The van der Waals surface area contributed by atoms with E-state index in [-0.39, 0.29) is 5.25 Å². The third-order valence-electron chi connectivity index (χ3n) is 1.25. The Morgan fingerprint density at radius 1 is 1.50 bits per heavy atom. The summed E-state index contributed by atoms with van der Waals surface area (Å²) in [4.78, 5) is 0. The van der Waals surface area contributed by atoms with Crippen LogP contribution >= 0.6 is 0 Å². The van der Waals surface area contributed by atoms with E-state index in [9.17, 15) is 4.21 Å². The van der Waals surface area contributed by atoms with Gasteiger partial charge < -0.3 is 0 Å². The average molecular weight is 163 g/mol. The first-order valence-corrected chi connectivity index (χ1v) is 4.88. The van der Waals surface area contributed by atoms with Gasteiger partial charge in [-0.15, -0.1) is 0 Å². The van der Waals surface area contributed by atoms with E-state index in [2.05, 4.69) is 6.92 Å². The van der Waals surface area contributed by atoms with E-state index >= 15 is 0 Å². The molecule has 1 atom stereocenters. The molecule has 0 N–H and O–H groups in total. The molecule has 0 saturated carbocycles. The van der Waals surface area contributed by atoms with Crippen LogP contribution in [0, 0.1) is 0 Å². The summed E-state index contributed by atoms with van der Waals surface area (Å²) in [6.07, 6.45) is 1.06. The lowest BCUT2D eigenvalue weighted by molar-refractivity contribution is 0.514. The van der Waals surface area contributed by atoms with Crippen LogP contribution in [0.4, 0.5) is 0 Å². The molecule has 0 saturated heterocycles. The second kappa shape index (κ2) is 4.85. The van der Waals surface area contributed by atoms with Crippen molar-refractivity contribution in [2.45, 2.75) is 32.4 Å². The molecule has 0 radical (unpaired) electrons. The normalized spacial score (nSPS) is 14.6. The minimum atomic E-state index is -0.783. The molecular weight excluding hydrogens is 146 g/mol. The lowest BCUT2D eigenvalue weighted by Gasteiger charge is -2.16. The Labute approximate surface area is 66.2 Å². The first-order valence-electron chi connectivity index (χ1n) is 3.71. The van der Waals surface area contributed by atoms with Crippen molar-refractivity contribution in [3.63, 3.8) is 0 Å². The van der Waals surface area contributed by atoms with Crippen LogP contribution in [0.25, 0.3) is 0 Å². The van der Waals surface area contributed by atoms with Crippen molar-refractivity contribution in [2.75, 3.05) is 13.6 Å². The lowest BCUT2D eigenvalue weighted by atomic mass is 10.5. The van der Waals surface area contributed by atoms with Crippen molar-refractivity contribution in [1.29, 1.82) is 0 Å². The number of nitrogens with zero attached hydrogens (tertiary/aromatic N) is 1. The summed E-state index contributed by atoms with van der Waals surface area (Å²) in [5.41, 5.74) is 0. The molecule has 0 aliphatic heterocycles. The van der Waals surface area contributed by atoms with Crippen LogP contribution in [0.1, 0.15) is 27.2 Å². The van der Waals surface area contributed by atoms with Gasteiger partial charge in [0.1, 0.15) is 0 Å². The van der Waals surface area contributed by atoms with Crippen molar-refractivity contribution in [1.82, 2.24) is 4.31 Å². The molecule has 0 bridgehead atoms. The van der Waals surface area contributed by atoms with E-state index in [0.717, 1.165) is 13.0 Å². The van der Waals surface area contributed by atoms with Gasteiger partial charge in [0.05, 0.1) is 11.0 Å². The Hall–Kier alpha value is 0.110. The van der Waals surface area contributed by atoms with Gasteiger partial charge in [0.25, 0.3) is 0 Å². The average Bonchev–Trinajstić information content (AvgIpc) is 1.87. The summed E-state index contributed by atoms with van der Waals surface area (Å²) in [5.74, 6) is 0. The van der Waals surface area contributed by atoms with Crippen molar-refractivity contribution < 1.29 is 4.21 Å². The second-order valence-electron chi connectivity index (χ2n) is 2.68. The van der Waals surface area contributed by atoms with Gasteiger partial charge in [-0.25, -0.2) is 8.51 Å². The van der Waals surface area contributed by atoms with Crippen molar-refractivity contribution in [3.8, 4) is 0 Å². The molecule has 0 rings (SSSR count). The van der Waals surface area contributed by atoms with E-state index in [4.69, 9.17) is 0 Å². The van der Waals surface area contributed by atoms with Crippen LogP contribution < -0.4 is 0 Å². The molecule has 10 heavy (non-hydrogen) atoms. The van der Waals surface area contributed by atoms with Gasteiger partial charge in [-0.05, 0) is 27.3 Å². The predicted octanol–water partition coefficient (Wildman–Crippen LogP) is 1.40. The first-order chi connectivity index (χ1) is 4.59. The van der Waals surface area contributed by atoms with E-state index in [1.165, 1.54) is 0 Å². The van der Waals surface area contributed by atoms with Crippen LogP contribution in [0.3, 0.4) is 0 Å². The molecule has 0 aromatic rings. The summed E-state index contributed by atoms with van der Waals surface area (Å²) >= 11 is 0. The highest BCUT2D eigenvalue weighted by molar-refractivity contribution is 7.83. The fourth-order valence-electron chi connectivity index (χ4n) is 0.765. The zero-order chi connectivity index (χ0) is 8.15. The van der Waals surface area contributed by atoms with Gasteiger partial charge in [0, 0.05) is 11.8 Å². The summed E-state index contributed by atoms with van der Waals surface area (Å²) < 4.78 is 13.2. The SMILES string of the molecule is CCCN(C)S(=O)C(C)C. The van der Waals surface area contributed by atoms with E-state index in [0.29, 0.717) is 0 Å². The smallest absolute Gasteiger partial charge is 0.0965 e. The Morgan fingerprint density at radius 2 is 2.00 bits per heavy atom. The molecule has 0 spiro atoms. The minimum absolute atomic E-state index is 0.247. The summed E-state index contributed by atoms with van der Waals surface area (Å²) in [6, 6.07) is 0. The monoisotopic (exact) mass is 163 g/mol. The topological polar surface area (TPSA) is 20.3 Å². The molecule has 3 heteroatoms. The molecule has 62 valence electrons. The largest absolute Gasteiger partial charge is 0.242 e. The summed E-state index contributed by atoms with van der Waals surface area (Å²) in [7, 11) is 1.12. The molecule has 0 aromatic carbocycles. The molecule has 1 unspecified atom stereocenters. The van der Waals surface area contributed by atoms with E-state index < -0.39 is 11.0 Å². The highest BCUT2D eigenvalue weighted by atomic mass is 32.2. The third-order valence-corrected chi connectivity index (χ3v) is 2.85. The van der Waals surface area contributed by atoms with E-state index in [1.807, 2.05) is 25.2 Å². The Balaban J connectivity index is 3.71. The molecule has 0 aromatic heterocycles. The van der Waals surface area contributed by atoms with Gasteiger partial charge in [-0.3, -0.25) is 0 Å². The quantitative estimate of drug-likeness (QED) is 0.613. The summed E-state index contributed by atoms with van der Waals surface area (Å²) in [5, 5.41) is 0.247. The first kappa shape index (κ1) is 10.1. The zero-order valence-corrected chi connectivity index (χ0v) is 8.07. The standard InChI is InChI=1S/C7H17NOS/c1-5-6-8(4)10(9)7(2)3/h7H,5-6H2,1-4H3. The number of hydrogen-bond acceptors (Lipinski definition) is 1. The van der Waals surface area contributed by atoms with E-state index in [1.54, 1.807) is 0 Å². The Bertz CT molecular complexity index is 114. The van der Waals surface area contributed by atoms with Crippen LogP contribution in [0.2, 0.25) is 0 Å². The molecule has 2 nitrogen and oxygen atoms in total. The second-order valence-corrected chi connectivity index (χ2v) is 4.79.